The molecule has 91 heavy (non-hydrogen) atoms. The smallest absolute Gasteiger partial charge is 0.305 e. The van der Waals surface area contributed by atoms with Crippen LogP contribution in [0.3, 0.4) is 0 Å². The lowest BCUT2D eigenvalue weighted by Crippen LogP contribution is -2.16. The molecule has 0 rings (SSSR count). The molecule has 0 bridgehead atoms. The van der Waals surface area contributed by atoms with Crippen molar-refractivity contribution in [2.45, 2.75) is 281 Å². The molecule has 0 N–H and O–H groups in total. The third kappa shape index (κ3) is 89.9. The number of carbonyl (C=O) groups excluding carboxylic acids is 5. The second kappa shape index (κ2) is 67.7. The van der Waals surface area contributed by atoms with Gasteiger partial charge in [-0.15, -0.1) is 50.6 Å². The molecule has 2 unspecified atom stereocenters. The largest absolute Gasteiger partial charge is 0.466 e. The van der Waals surface area contributed by atoms with E-state index in [2.05, 4.69) is 93.4 Å². The number of esters is 5. The Morgan fingerprint density at radius 2 is 0.495 bits per heavy atom. The van der Waals surface area contributed by atoms with Crippen LogP contribution in [-0.4, -0.2) is 120 Å². The van der Waals surface area contributed by atoms with Crippen LogP contribution >= 0.6 is 0 Å². The van der Waals surface area contributed by atoms with Gasteiger partial charge in [-0.2, -0.15) is 0 Å². The van der Waals surface area contributed by atoms with Gasteiger partial charge < -0.3 is 47.9 Å². The summed E-state index contributed by atoms with van der Waals surface area (Å²) in [4.78, 5) is 128. The Balaban J connectivity index is -0.000000340. The molecule has 0 amide bonds. The van der Waals surface area contributed by atoms with Crippen LogP contribution in [0.15, 0.2) is 0 Å². The van der Waals surface area contributed by atoms with Crippen molar-refractivity contribution in [3.8, 4) is 0 Å². The van der Waals surface area contributed by atoms with Gasteiger partial charge >= 0.3 is 29.8 Å². The van der Waals surface area contributed by atoms with Gasteiger partial charge in [-0.3, -0.25) is 24.0 Å². The minimum atomic E-state index is -0.867. The fourth-order valence-corrected chi connectivity index (χ4v) is 7.49. The Labute approximate surface area is 540 Å². The van der Waals surface area contributed by atoms with Crippen molar-refractivity contribution in [2.75, 3.05) is 52.9 Å². The SMILES string of the molecule is CC(C)CCCOC(=O)CCCCCO[N+](=O)[O-].CC(C)CCCOC(=O)CCCCO[N+](=O)[O-].CC(C)CCCOC(=O)CCCO[N+](=O)[O-].CCC(CCCCC(=O)OCCCC(C)C)O[N+](=O)[O-].CCC(CCCCC(=O)OCCCC(C)C)O[N+](=O)[O-]. The number of rotatable bonds is 54. The molecule has 30 heteroatoms. The number of unbranched alkanes of at least 4 members (excludes halogenated alkanes) is 5. The molecule has 0 aromatic carbocycles. The molecular weight excluding hydrogens is 1200 g/mol. The molecule has 0 aromatic heterocycles. The third-order valence-electron chi connectivity index (χ3n) is 12.6. The van der Waals surface area contributed by atoms with Crippen molar-refractivity contribution < 1.29 is 97.3 Å². The molecule has 30 nitrogen and oxygen atoms in total. The lowest BCUT2D eigenvalue weighted by Gasteiger charge is -2.11. The van der Waals surface area contributed by atoms with E-state index in [1.54, 1.807) is 0 Å². The second-order valence-corrected chi connectivity index (χ2v) is 23.5. The molecule has 0 radical (unpaired) electrons. The molecule has 0 saturated heterocycles. The van der Waals surface area contributed by atoms with Crippen molar-refractivity contribution in [1.82, 2.24) is 0 Å². The zero-order valence-electron chi connectivity index (χ0n) is 57.1. The summed E-state index contributed by atoms with van der Waals surface area (Å²) < 4.78 is 25.2. The van der Waals surface area contributed by atoms with E-state index in [4.69, 9.17) is 23.7 Å². The second-order valence-electron chi connectivity index (χ2n) is 23.5. The highest BCUT2D eigenvalue weighted by Gasteiger charge is 2.14. The fourth-order valence-electron chi connectivity index (χ4n) is 7.49. The molecule has 0 fully saturated rings. The predicted molar refractivity (Wildman–Crippen MR) is 337 cm³/mol. The van der Waals surface area contributed by atoms with Crippen LogP contribution in [0, 0.1) is 80.2 Å². The maximum atomic E-state index is 11.4. The van der Waals surface area contributed by atoms with Gasteiger partial charge in [-0.05, 0) is 164 Å². The van der Waals surface area contributed by atoms with Crippen molar-refractivity contribution in [3.63, 3.8) is 0 Å². The van der Waals surface area contributed by atoms with E-state index in [-0.39, 0.29) is 68.3 Å². The van der Waals surface area contributed by atoms with Gasteiger partial charge in [0.15, 0.2) is 0 Å². The Morgan fingerprint density at radius 1 is 0.275 bits per heavy atom. The first-order chi connectivity index (χ1) is 43.0. The quantitative estimate of drug-likeness (QED) is 0.0179. The Morgan fingerprint density at radius 3 is 0.725 bits per heavy atom. The Hall–Kier alpha value is -6.65. The number of hydrogen-bond acceptors (Lipinski definition) is 25. The van der Waals surface area contributed by atoms with Crippen LogP contribution in [0.25, 0.3) is 0 Å². The van der Waals surface area contributed by atoms with E-state index in [1.807, 2.05) is 13.8 Å². The van der Waals surface area contributed by atoms with Gasteiger partial charge in [0, 0.05) is 32.1 Å². The van der Waals surface area contributed by atoms with Crippen LogP contribution < -0.4 is 0 Å². The summed E-state index contributed by atoms with van der Waals surface area (Å²) in [5.41, 5.74) is 0. The summed E-state index contributed by atoms with van der Waals surface area (Å²) in [6.07, 6.45) is 19.1. The standard InChI is InChI=1S/2C14H27NO5.C12H23NO5.C11H21NO5.C10H19NO5/c2*1-4-13(20-15(17)18)9-5-6-10-14(16)19-11-7-8-12(2)3;1-11(2)7-6-9-17-12(14)8-4-3-5-10-18-13(15)16;1-10(2)6-5-8-16-11(13)7-3-4-9-17-12(14)15;1-9(2)5-3-7-15-10(12)6-4-8-16-11(13)14/h2*12-13H,4-11H2,1-3H3;11H,3-10H2,1-2H3;10H,3-9H2,1-2H3;9H,3-8H2,1-2H3. The summed E-state index contributed by atoms with van der Waals surface area (Å²) in [6, 6.07) is 0. The molecule has 0 aliphatic carbocycles. The summed E-state index contributed by atoms with van der Waals surface area (Å²) in [7, 11) is 0. The number of hydrogen-bond donors (Lipinski definition) is 0. The van der Waals surface area contributed by atoms with Crippen molar-refractivity contribution in [1.29, 1.82) is 0 Å². The highest BCUT2D eigenvalue weighted by atomic mass is 17.0. The normalized spacial score (nSPS) is 11.1. The number of ether oxygens (including phenoxy) is 5. The first-order valence-corrected chi connectivity index (χ1v) is 32.7. The molecule has 0 aromatic rings. The topological polar surface area (TPSA) is 393 Å². The molecule has 0 aliphatic rings. The van der Waals surface area contributed by atoms with Crippen LogP contribution in [0.2, 0.25) is 0 Å². The van der Waals surface area contributed by atoms with E-state index in [0.717, 1.165) is 83.5 Å². The third-order valence-corrected chi connectivity index (χ3v) is 12.6. The Bertz CT molecular complexity index is 1790. The van der Waals surface area contributed by atoms with E-state index in [9.17, 15) is 74.5 Å². The van der Waals surface area contributed by atoms with Crippen LogP contribution in [0.5, 0.6) is 0 Å². The summed E-state index contributed by atoms with van der Waals surface area (Å²) in [6.45, 7) is 27.4. The van der Waals surface area contributed by atoms with Crippen LogP contribution in [-0.2, 0) is 71.8 Å². The zero-order valence-corrected chi connectivity index (χ0v) is 57.1. The molecule has 0 spiro atoms. The van der Waals surface area contributed by atoms with E-state index >= 15 is 0 Å². The fraction of sp³-hybridized carbons (Fsp3) is 0.918. The molecule has 0 saturated carbocycles. The summed E-state index contributed by atoms with van der Waals surface area (Å²) >= 11 is 0. The van der Waals surface area contributed by atoms with E-state index < -0.39 is 25.4 Å². The van der Waals surface area contributed by atoms with E-state index in [0.29, 0.717) is 159 Å². The monoisotopic (exact) mass is 1320 g/mol. The minimum absolute atomic E-state index is 0.0353. The highest BCUT2D eigenvalue weighted by molar-refractivity contribution is 5.70. The average Bonchev–Trinajstić information content (AvgIpc) is 3.57. The van der Waals surface area contributed by atoms with Gasteiger partial charge in [0.1, 0.15) is 12.2 Å². The van der Waals surface area contributed by atoms with Gasteiger partial charge in [-0.1, -0.05) is 102 Å². The molecule has 0 heterocycles. The minimum Gasteiger partial charge on any atom is -0.466 e. The summed E-state index contributed by atoms with van der Waals surface area (Å²) in [5, 5.41) is 45.9. The number of carbonyl (C=O) groups is 5. The van der Waals surface area contributed by atoms with Gasteiger partial charge in [0.05, 0.1) is 52.9 Å². The zero-order chi connectivity index (χ0) is 70.0. The molecule has 536 valence electrons. The van der Waals surface area contributed by atoms with Crippen molar-refractivity contribution in [2.24, 2.45) is 29.6 Å². The number of nitrogens with zero attached hydrogens (tertiary/aromatic N) is 5. The maximum Gasteiger partial charge on any atom is 0.305 e. The van der Waals surface area contributed by atoms with Crippen LogP contribution in [0.1, 0.15) is 269 Å². The van der Waals surface area contributed by atoms with Crippen molar-refractivity contribution >= 4 is 29.8 Å². The van der Waals surface area contributed by atoms with Gasteiger partial charge in [0.25, 0.3) is 25.4 Å². The first-order valence-electron chi connectivity index (χ1n) is 32.7. The van der Waals surface area contributed by atoms with Crippen molar-refractivity contribution in [3.05, 3.63) is 50.6 Å². The Kier molecular flexibility index (Phi) is 69.3. The maximum absolute atomic E-state index is 11.4. The van der Waals surface area contributed by atoms with Gasteiger partial charge in [-0.25, -0.2) is 0 Å². The average molecular weight is 1320 g/mol. The van der Waals surface area contributed by atoms with E-state index in [1.165, 1.54) is 0 Å². The first kappa shape index (κ1) is 93.1. The highest BCUT2D eigenvalue weighted by Crippen LogP contribution is 2.14. The van der Waals surface area contributed by atoms with Gasteiger partial charge in [0.2, 0.25) is 0 Å². The molecule has 2 atom stereocenters. The molecular formula is C61H117N5O25. The summed E-state index contributed by atoms with van der Waals surface area (Å²) in [5.74, 6) is 1.99. The lowest BCUT2D eigenvalue weighted by molar-refractivity contribution is -0.768. The van der Waals surface area contributed by atoms with Crippen LogP contribution in [0.4, 0.5) is 0 Å². The lowest BCUT2D eigenvalue weighted by atomic mass is 10.1. The molecule has 0 aliphatic heterocycles. The predicted octanol–water partition coefficient (Wildman–Crippen LogP) is 14.1.